The zero-order chi connectivity index (χ0) is 9.62. The molecular weight excluding hydrogens is 432 g/mol. The molecule has 73 valence electrons. The summed E-state index contributed by atoms with van der Waals surface area (Å²) in [5, 5.41) is 0. The molecule has 0 aliphatic carbocycles. The van der Waals surface area contributed by atoms with Crippen molar-refractivity contribution in [3.8, 4) is 0 Å². The topological polar surface area (TPSA) is 133 Å². The van der Waals surface area contributed by atoms with Gasteiger partial charge in [0.2, 0.25) is 0 Å². The maximum absolute atomic E-state index is 10.5. The summed E-state index contributed by atoms with van der Waals surface area (Å²) in [7, 11) is 0. The van der Waals surface area contributed by atoms with Crippen LogP contribution in [0.4, 0.5) is 0 Å². The van der Waals surface area contributed by atoms with Gasteiger partial charge in [0.25, 0.3) is 0 Å². The molecule has 12 heavy (non-hydrogen) atoms. The fraction of sp³-hybridized carbons (Fsp3) is 0. The second kappa shape index (κ2) is 2.95. The molecule has 1 aliphatic heterocycles. The molecule has 0 aromatic carbocycles. The molecule has 0 saturated carbocycles. The van der Waals surface area contributed by atoms with E-state index in [2.05, 4.69) is 6.13 Å². The van der Waals surface area contributed by atoms with Gasteiger partial charge < -0.3 is 0 Å². The average molecular weight is 433 g/mol. The van der Waals surface area contributed by atoms with E-state index in [1.807, 2.05) is 0 Å². The van der Waals surface area contributed by atoms with Crippen LogP contribution in [0.2, 0.25) is 0 Å². The molecule has 0 radical (unpaired) electrons. The van der Waals surface area contributed by atoms with Crippen LogP contribution in [-0.2, 0) is 73.8 Å². The van der Waals surface area contributed by atoms with Crippen molar-refractivity contribution in [2.45, 2.75) is 0 Å². The Labute approximate surface area is 76.9 Å². The van der Waals surface area contributed by atoms with Crippen LogP contribution in [0.3, 0.4) is 0 Å². The molecule has 1 heterocycles. The molecule has 1 saturated heterocycles. The summed E-state index contributed by atoms with van der Waals surface area (Å²) in [6.07, 6.45) is 0. The fourth-order valence-electron chi connectivity index (χ4n) is 0.347. The Morgan fingerprint density at radius 3 is 1.33 bits per heavy atom. The summed E-state index contributed by atoms with van der Waals surface area (Å²) in [6.45, 7) is 0. The van der Waals surface area contributed by atoms with Crippen LogP contribution in [0.25, 0.3) is 0 Å². The van der Waals surface area contributed by atoms with Gasteiger partial charge in [-0.3, -0.25) is 0 Å². The van der Waals surface area contributed by atoms with E-state index in [0.29, 0.717) is 0 Å². The summed E-state index contributed by atoms with van der Waals surface area (Å²) < 4.78 is 70.9. The Kier molecular flexibility index (Phi) is 2.70. The van der Waals surface area contributed by atoms with Gasteiger partial charge in [-0.25, -0.2) is 0 Å². The summed E-state index contributed by atoms with van der Waals surface area (Å²) in [5.41, 5.74) is 0. The molecule has 1 rings (SSSR count). The standard InChI is InChI=1S/3Mo.H2O.8O/h;;;1H2;;;;;;;;/q;;+1;;;;;;;;;/p-1. The Bertz CT molecular complexity index is 380. The first-order valence-electron chi connectivity index (χ1n) is 2.02. The molecule has 1 N–H and O–H groups in total. The van der Waals surface area contributed by atoms with Crippen molar-refractivity contribution in [2.24, 2.45) is 0 Å². The molecule has 0 bridgehead atoms. The molecular formula is HMo3O9. The summed E-state index contributed by atoms with van der Waals surface area (Å²) in [4.78, 5) is 0. The van der Waals surface area contributed by atoms with E-state index < -0.39 is 50.7 Å². The van der Waals surface area contributed by atoms with Crippen molar-refractivity contribution in [2.75, 3.05) is 0 Å². The number of rotatable bonds is 0. The third kappa shape index (κ3) is 2.99. The van der Waals surface area contributed by atoms with E-state index in [4.69, 9.17) is 3.76 Å². The second-order valence-electron chi connectivity index (χ2n) is 1.45. The van der Waals surface area contributed by atoms with Gasteiger partial charge in [-0.05, 0) is 0 Å². The zero-order valence-electron chi connectivity index (χ0n) is 4.94. The molecule has 12 heteroatoms. The van der Waals surface area contributed by atoms with Gasteiger partial charge in [-0.15, -0.1) is 0 Å². The average Bonchev–Trinajstić information content (AvgIpc) is 1.44. The molecule has 0 aromatic rings. The molecule has 0 spiro atoms. The first-order chi connectivity index (χ1) is 5.12. The van der Waals surface area contributed by atoms with Crippen molar-refractivity contribution in [3.63, 3.8) is 0 Å². The minimum atomic E-state index is -6.02. The predicted molar refractivity (Wildman–Crippen MR) is 8.91 cm³/mol. The summed E-state index contributed by atoms with van der Waals surface area (Å²) in [5.74, 6) is 0. The Morgan fingerprint density at radius 1 is 0.750 bits per heavy atom. The van der Waals surface area contributed by atoms with Gasteiger partial charge in [0.15, 0.2) is 0 Å². The van der Waals surface area contributed by atoms with E-state index in [0.717, 1.165) is 0 Å². The van der Waals surface area contributed by atoms with Gasteiger partial charge in [-0.2, -0.15) is 0 Å². The number of hydrogen-bond donors (Lipinski definition) is 1. The van der Waals surface area contributed by atoms with Gasteiger partial charge in [0.1, 0.15) is 0 Å². The Morgan fingerprint density at radius 2 is 1.08 bits per heavy atom. The summed E-state index contributed by atoms with van der Waals surface area (Å²) in [6, 6.07) is 0. The van der Waals surface area contributed by atoms with Crippen molar-refractivity contribution >= 4 is 0 Å². The normalized spacial score (nSPS) is 31.1. The zero-order valence-corrected chi connectivity index (χ0v) is 11.0. The van der Waals surface area contributed by atoms with Crippen LogP contribution in [0.5, 0.6) is 0 Å². The first kappa shape index (κ1) is 11.0. The van der Waals surface area contributed by atoms with Crippen LogP contribution in [0, 0.1) is 0 Å². The van der Waals surface area contributed by atoms with Crippen molar-refractivity contribution < 1.29 is 77.5 Å². The monoisotopic (exact) mass is 439 g/mol. The van der Waals surface area contributed by atoms with Crippen LogP contribution < -0.4 is 0 Å². The molecule has 1 aliphatic rings. The second-order valence-corrected chi connectivity index (χ2v) is 14.5. The van der Waals surface area contributed by atoms with Crippen molar-refractivity contribution in [1.29, 1.82) is 0 Å². The van der Waals surface area contributed by atoms with Crippen molar-refractivity contribution in [1.82, 2.24) is 0 Å². The quantitative estimate of drug-likeness (QED) is 0.460. The van der Waals surface area contributed by atoms with Gasteiger partial charge >= 0.3 is 77.5 Å². The van der Waals surface area contributed by atoms with Crippen LogP contribution in [0.1, 0.15) is 0 Å². The maximum atomic E-state index is 10.5. The molecule has 0 atom stereocenters. The first-order valence-corrected chi connectivity index (χ1v) is 11.9. The predicted octanol–water partition coefficient (Wildman–Crippen LogP) is -1.36. The van der Waals surface area contributed by atoms with Crippen molar-refractivity contribution in [3.05, 3.63) is 0 Å². The third-order valence-electron chi connectivity index (χ3n) is 0.505. The molecule has 0 amide bonds. The van der Waals surface area contributed by atoms with E-state index in [9.17, 15) is 17.0 Å². The molecule has 0 unspecified atom stereocenters. The van der Waals surface area contributed by atoms with E-state index in [1.165, 1.54) is 0 Å². The van der Waals surface area contributed by atoms with Gasteiger partial charge in [-0.1, -0.05) is 0 Å². The van der Waals surface area contributed by atoms with Crippen LogP contribution in [-0.4, -0.2) is 3.76 Å². The molecule has 1 fully saturated rings. The van der Waals surface area contributed by atoms with Gasteiger partial charge in [0.05, 0.1) is 0 Å². The molecule has 0 aromatic heterocycles. The van der Waals surface area contributed by atoms with E-state index >= 15 is 0 Å². The van der Waals surface area contributed by atoms with Crippen LogP contribution in [0.15, 0.2) is 0 Å². The number of hydrogen-bond acceptors (Lipinski definition) is 8. The Hall–Kier alpha value is 0.905. The van der Waals surface area contributed by atoms with Crippen LogP contribution >= 0.6 is 0 Å². The fourth-order valence-corrected chi connectivity index (χ4v) is 18.0. The van der Waals surface area contributed by atoms with E-state index in [1.54, 1.807) is 0 Å². The Balaban J connectivity index is 3.23. The molecule has 9 nitrogen and oxygen atoms in total. The third-order valence-corrected chi connectivity index (χ3v) is 17.7. The van der Waals surface area contributed by atoms with E-state index in [-0.39, 0.29) is 0 Å². The summed E-state index contributed by atoms with van der Waals surface area (Å²) >= 11 is -17.9. The van der Waals surface area contributed by atoms with Gasteiger partial charge in [0, 0.05) is 0 Å². The SMILES string of the molecule is [O]=[Mo]1([OH])[O][Mo](=[O])(=[O])[O][Mo](=[O])(=[O])[O]1. The minimum absolute atomic E-state index is 3.40.